The summed E-state index contributed by atoms with van der Waals surface area (Å²) in [5.74, 6) is -0.150. The monoisotopic (exact) mass is 624 g/mol. The van der Waals surface area contributed by atoms with E-state index in [1.165, 1.54) is 57.8 Å². The van der Waals surface area contributed by atoms with Crippen molar-refractivity contribution >= 4 is 19.7 Å². The van der Waals surface area contributed by atoms with Crippen LogP contribution in [0.4, 0.5) is 0 Å². The molecule has 0 saturated heterocycles. The molecule has 0 spiro atoms. The fourth-order valence-electron chi connectivity index (χ4n) is 5.24. The van der Waals surface area contributed by atoms with Crippen molar-refractivity contribution in [2.45, 2.75) is 182 Å². The molecule has 0 bridgehead atoms. The van der Waals surface area contributed by atoms with E-state index in [0.717, 1.165) is 38.5 Å². The van der Waals surface area contributed by atoms with Gasteiger partial charge in [-0.3, -0.25) is 9.59 Å². The molecule has 0 aromatic heterocycles. The number of carbonyl (C=O) groups is 2. The molecule has 0 saturated carbocycles. The van der Waals surface area contributed by atoms with Crippen molar-refractivity contribution in [2.75, 3.05) is 26.4 Å². The first kappa shape index (κ1) is 42.9. The molecule has 0 aromatic carbocycles. The lowest BCUT2D eigenvalue weighted by Crippen LogP contribution is -2.44. The Bertz CT molecular complexity index is 677. The zero-order chi connectivity index (χ0) is 33.0. The van der Waals surface area contributed by atoms with Gasteiger partial charge in [-0.2, -0.15) is 0 Å². The molecule has 0 rings (SSSR count). The molecule has 7 nitrogen and oxygen atoms in total. The number of ether oxygens (including phenoxy) is 4. The first-order valence-corrected chi connectivity index (χ1v) is 18.1. The van der Waals surface area contributed by atoms with Gasteiger partial charge in [-0.05, 0) is 52.9 Å². The van der Waals surface area contributed by atoms with Gasteiger partial charge in [0.05, 0.1) is 38.9 Å². The molecular formula is C36H70BNO6. The Morgan fingerprint density at radius 3 is 1.80 bits per heavy atom. The van der Waals surface area contributed by atoms with Gasteiger partial charge in [0.15, 0.2) is 6.61 Å². The minimum atomic E-state index is -0.277. The number of unbranched alkanes of at least 4 members (excludes halogenated alkanes) is 13. The van der Waals surface area contributed by atoms with Crippen molar-refractivity contribution < 1.29 is 28.5 Å². The van der Waals surface area contributed by atoms with Crippen LogP contribution in [-0.4, -0.2) is 70.5 Å². The number of hydrogen-bond donors (Lipinski definition) is 1. The van der Waals surface area contributed by atoms with Gasteiger partial charge in [0.2, 0.25) is 0 Å². The summed E-state index contributed by atoms with van der Waals surface area (Å²) in [4.78, 5) is 24.0. The summed E-state index contributed by atoms with van der Waals surface area (Å²) in [5, 5.41) is 2.86. The Morgan fingerprint density at radius 2 is 1.23 bits per heavy atom. The summed E-state index contributed by atoms with van der Waals surface area (Å²) in [7, 11) is 6.04. The first-order chi connectivity index (χ1) is 21.1. The van der Waals surface area contributed by atoms with Gasteiger partial charge in [0, 0.05) is 25.5 Å². The van der Waals surface area contributed by atoms with E-state index in [9.17, 15) is 9.59 Å². The van der Waals surface area contributed by atoms with Crippen LogP contribution in [0.1, 0.15) is 151 Å². The van der Waals surface area contributed by atoms with E-state index >= 15 is 0 Å². The Balaban J connectivity index is 4.00. The molecule has 1 unspecified atom stereocenters. The molecule has 258 valence electrons. The van der Waals surface area contributed by atoms with Crippen molar-refractivity contribution in [1.82, 2.24) is 5.32 Å². The van der Waals surface area contributed by atoms with E-state index in [0.29, 0.717) is 32.5 Å². The Kier molecular flexibility index (Phi) is 28.6. The number of rotatable bonds is 31. The second-order valence-corrected chi connectivity index (χ2v) is 13.3. The number of amides is 1. The summed E-state index contributed by atoms with van der Waals surface area (Å²) in [6.07, 6.45) is 18.5. The second-order valence-electron chi connectivity index (χ2n) is 13.3. The topological polar surface area (TPSA) is 83.1 Å². The number of carbonyl (C=O) groups excluding carboxylic acids is 2. The molecule has 0 aliphatic heterocycles. The normalized spacial score (nSPS) is 14.5. The Labute approximate surface area is 273 Å². The van der Waals surface area contributed by atoms with Crippen LogP contribution in [0.5, 0.6) is 0 Å². The average molecular weight is 624 g/mol. The molecule has 0 aliphatic rings. The summed E-state index contributed by atoms with van der Waals surface area (Å²) in [6, 6.07) is 0. The van der Waals surface area contributed by atoms with Gasteiger partial charge in [-0.1, -0.05) is 104 Å². The summed E-state index contributed by atoms with van der Waals surface area (Å²) in [6.45, 7) is 16.4. The van der Waals surface area contributed by atoms with Crippen LogP contribution in [-0.2, 0) is 28.5 Å². The van der Waals surface area contributed by atoms with Crippen LogP contribution in [0.2, 0.25) is 6.32 Å². The van der Waals surface area contributed by atoms with E-state index in [1.807, 2.05) is 13.8 Å². The molecular weight excluding hydrogens is 553 g/mol. The fourth-order valence-corrected chi connectivity index (χ4v) is 5.24. The van der Waals surface area contributed by atoms with E-state index in [2.05, 4.69) is 39.9 Å². The molecule has 0 heterocycles. The summed E-state index contributed by atoms with van der Waals surface area (Å²) in [5.41, 5.74) is 0. The summed E-state index contributed by atoms with van der Waals surface area (Å²) >= 11 is 0. The molecule has 0 aliphatic carbocycles. The van der Waals surface area contributed by atoms with Crippen molar-refractivity contribution in [3.63, 3.8) is 0 Å². The van der Waals surface area contributed by atoms with Crippen LogP contribution in [0, 0.1) is 11.8 Å². The predicted molar refractivity (Wildman–Crippen MR) is 183 cm³/mol. The van der Waals surface area contributed by atoms with E-state index in [-0.39, 0.29) is 54.7 Å². The Morgan fingerprint density at radius 1 is 0.659 bits per heavy atom. The zero-order valence-corrected chi connectivity index (χ0v) is 29.8. The van der Waals surface area contributed by atoms with Gasteiger partial charge in [-0.25, -0.2) is 0 Å². The highest BCUT2D eigenvalue weighted by Crippen LogP contribution is 2.25. The first-order valence-electron chi connectivity index (χ1n) is 18.1. The highest BCUT2D eigenvalue weighted by Gasteiger charge is 2.33. The third-order valence-electron chi connectivity index (χ3n) is 7.99. The smallest absolute Gasteiger partial charge is 0.306 e. The number of esters is 1. The third kappa shape index (κ3) is 25.1. The maximum atomic E-state index is 12.0. The third-order valence-corrected chi connectivity index (χ3v) is 7.99. The minimum absolute atomic E-state index is 0.0867. The zero-order valence-electron chi connectivity index (χ0n) is 29.8. The largest absolute Gasteiger partial charge is 0.456 e. The minimum Gasteiger partial charge on any atom is -0.456 e. The number of nitrogens with one attached hydrogen (secondary N) is 1. The fraction of sp³-hybridized carbons (Fsp3) is 0.944. The molecule has 8 heteroatoms. The van der Waals surface area contributed by atoms with Crippen molar-refractivity contribution in [3.05, 3.63) is 0 Å². The quantitative estimate of drug-likeness (QED) is 0.0475. The standard InChI is InChI=1S/C36H70BNO6/c1-8-9-10-11-12-13-14-15-16-17-20-23-34(40)43-28-33(39)38-24-21-18-19-22-25-41-35(31(6)26-37)36(44-30(4)5)32(7)27-42-29(2)3/h29-32,35-36H,8-28H2,1-7H3,(H,38,39)/t31-,32+,35+,36?/m0/s1. The average Bonchev–Trinajstić information content (AvgIpc) is 2.99. The van der Waals surface area contributed by atoms with E-state index < -0.39 is 0 Å². The van der Waals surface area contributed by atoms with Crippen LogP contribution < -0.4 is 5.32 Å². The molecule has 1 amide bonds. The molecule has 4 atom stereocenters. The second kappa shape index (κ2) is 29.3. The van der Waals surface area contributed by atoms with Crippen LogP contribution in [0.15, 0.2) is 0 Å². The molecule has 1 N–H and O–H groups in total. The number of hydrogen-bond acceptors (Lipinski definition) is 6. The molecule has 2 radical (unpaired) electrons. The highest BCUT2D eigenvalue weighted by molar-refractivity contribution is 6.08. The van der Waals surface area contributed by atoms with Crippen LogP contribution >= 0.6 is 0 Å². The van der Waals surface area contributed by atoms with Gasteiger partial charge in [0.1, 0.15) is 0 Å². The van der Waals surface area contributed by atoms with Crippen LogP contribution in [0.25, 0.3) is 0 Å². The maximum absolute atomic E-state index is 12.0. The maximum Gasteiger partial charge on any atom is 0.306 e. The van der Waals surface area contributed by atoms with Crippen molar-refractivity contribution in [3.8, 4) is 0 Å². The van der Waals surface area contributed by atoms with E-state index in [4.69, 9.17) is 26.8 Å². The van der Waals surface area contributed by atoms with Crippen molar-refractivity contribution in [1.29, 1.82) is 0 Å². The Hall–Kier alpha value is -1.12. The van der Waals surface area contributed by atoms with Gasteiger partial charge in [-0.15, -0.1) is 0 Å². The van der Waals surface area contributed by atoms with Crippen LogP contribution in [0.3, 0.4) is 0 Å². The van der Waals surface area contributed by atoms with Crippen molar-refractivity contribution in [2.24, 2.45) is 11.8 Å². The lowest BCUT2D eigenvalue weighted by molar-refractivity contribution is -0.148. The molecule has 44 heavy (non-hydrogen) atoms. The SMILES string of the molecule is [B]C[C@H](C)[C@@H](OCCCCCCNC(=O)COC(=O)CCCCCCCCCCCCC)C(OC(C)C)[C@H](C)COC(C)C. The predicted octanol–water partition coefficient (Wildman–Crippen LogP) is 8.37. The van der Waals surface area contributed by atoms with Gasteiger partial charge < -0.3 is 24.3 Å². The molecule has 0 fully saturated rings. The summed E-state index contributed by atoms with van der Waals surface area (Å²) < 4.78 is 23.7. The highest BCUT2D eigenvalue weighted by atomic mass is 16.6. The lowest BCUT2D eigenvalue weighted by Gasteiger charge is -2.36. The lowest BCUT2D eigenvalue weighted by atomic mass is 9.83. The van der Waals surface area contributed by atoms with Gasteiger partial charge >= 0.3 is 5.97 Å². The molecule has 0 aromatic rings. The van der Waals surface area contributed by atoms with Gasteiger partial charge in [0.25, 0.3) is 5.91 Å². The van der Waals surface area contributed by atoms with E-state index in [1.54, 1.807) is 0 Å².